The maximum Gasteiger partial charge on any atom is 0.168 e. The van der Waals surface area contributed by atoms with Crippen LogP contribution in [0.1, 0.15) is 5.69 Å². The van der Waals surface area contributed by atoms with Crippen molar-refractivity contribution in [1.82, 2.24) is 9.97 Å². The summed E-state index contributed by atoms with van der Waals surface area (Å²) in [5, 5.41) is 0.608. The molecule has 0 aliphatic heterocycles. The number of aryl methyl sites for hydroxylation is 1. The van der Waals surface area contributed by atoms with E-state index in [-0.39, 0.29) is 0 Å². The predicted molar refractivity (Wildman–Crippen MR) is 62.3 cm³/mol. The SMILES string of the molecule is Cc1ncnc(N(I)I)c1Cl. The Bertz CT molecular complexity index is 266. The lowest BCUT2D eigenvalue weighted by molar-refractivity contribution is 1.11. The molecule has 0 aliphatic carbocycles. The van der Waals surface area contributed by atoms with Gasteiger partial charge in [0.25, 0.3) is 0 Å². The van der Waals surface area contributed by atoms with Gasteiger partial charge in [-0.15, -0.1) is 0 Å². The van der Waals surface area contributed by atoms with Crippen molar-refractivity contribution in [3.63, 3.8) is 0 Å². The maximum absolute atomic E-state index is 5.91. The average molecular weight is 395 g/mol. The van der Waals surface area contributed by atoms with E-state index in [0.29, 0.717) is 5.02 Å². The summed E-state index contributed by atoms with van der Waals surface area (Å²) in [5.74, 6) is 0.736. The second-order valence-electron chi connectivity index (χ2n) is 1.83. The molecular weight excluding hydrogens is 391 g/mol. The summed E-state index contributed by atoms with van der Waals surface area (Å²) in [5.41, 5.74) is 0.801. The molecule has 0 amide bonds. The summed E-state index contributed by atoms with van der Waals surface area (Å²) in [7, 11) is 0. The summed E-state index contributed by atoms with van der Waals surface area (Å²) in [6, 6.07) is 0. The van der Waals surface area contributed by atoms with Gasteiger partial charge >= 0.3 is 0 Å². The molecule has 1 rings (SSSR count). The Kier molecular flexibility index (Phi) is 3.56. The van der Waals surface area contributed by atoms with Crippen LogP contribution in [0.3, 0.4) is 0 Å². The quantitative estimate of drug-likeness (QED) is 0.541. The minimum absolute atomic E-state index is 0.608. The molecule has 11 heavy (non-hydrogen) atoms. The summed E-state index contributed by atoms with van der Waals surface area (Å²) < 4.78 is 1.80. The third-order valence-electron chi connectivity index (χ3n) is 1.11. The number of hydrogen-bond acceptors (Lipinski definition) is 3. The lowest BCUT2D eigenvalue weighted by Gasteiger charge is -2.07. The van der Waals surface area contributed by atoms with Gasteiger partial charge in [-0.25, -0.2) is 11.3 Å². The summed E-state index contributed by atoms with van der Waals surface area (Å²) in [6.45, 7) is 1.85. The van der Waals surface area contributed by atoms with Crippen molar-refractivity contribution in [2.45, 2.75) is 6.92 Å². The van der Waals surface area contributed by atoms with E-state index in [9.17, 15) is 0 Å². The summed E-state index contributed by atoms with van der Waals surface area (Å²) >= 11 is 10.1. The van der Waals surface area contributed by atoms with Gasteiger partial charge < -0.3 is 0 Å². The van der Waals surface area contributed by atoms with E-state index < -0.39 is 0 Å². The zero-order valence-electron chi connectivity index (χ0n) is 5.55. The normalized spacial score (nSPS) is 9.82. The number of rotatable bonds is 1. The van der Waals surface area contributed by atoms with Crippen molar-refractivity contribution in [3.8, 4) is 0 Å². The van der Waals surface area contributed by atoms with Crippen molar-refractivity contribution < 1.29 is 0 Å². The third-order valence-corrected chi connectivity index (χ3v) is 2.46. The first-order chi connectivity index (χ1) is 5.13. The second kappa shape index (κ2) is 4.04. The maximum atomic E-state index is 5.91. The van der Waals surface area contributed by atoms with Crippen molar-refractivity contribution in [3.05, 3.63) is 17.0 Å². The molecule has 0 unspecified atom stereocenters. The minimum Gasteiger partial charge on any atom is -0.240 e. The van der Waals surface area contributed by atoms with E-state index in [0.717, 1.165) is 11.5 Å². The molecule has 1 aromatic rings. The fourth-order valence-electron chi connectivity index (χ4n) is 0.563. The number of nitrogens with zero attached hydrogens (tertiary/aromatic N) is 3. The molecule has 0 spiro atoms. The Morgan fingerprint density at radius 1 is 1.45 bits per heavy atom. The van der Waals surface area contributed by atoms with Crippen LogP contribution in [0.4, 0.5) is 5.82 Å². The van der Waals surface area contributed by atoms with E-state index in [1.54, 1.807) is 1.33 Å². The fraction of sp³-hybridized carbons (Fsp3) is 0.200. The van der Waals surface area contributed by atoms with E-state index in [2.05, 4.69) is 55.7 Å². The van der Waals surface area contributed by atoms with Crippen LogP contribution in [0.5, 0.6) is 0 Å². The fourth-order valence-corrected chi connectivity index (χ4v) is 1.76. The topological polar surface area (TPSA) is 29.0 Å². The highest BCUT2D eigenvalue weighted by atomic mass is 127. The van der Waals surface area contributed by atoms with Gasteiger partial charge in [0.05, 0.1) is 51.4 Å². The molecule has 0 N–H and O–H groups in total. The third kappa shape index (κ3) is 2.28. The largest absolute Gasteiger partial charge is 0.240 e. The molecule has 6 heteroatoms. The molecule has 1 aromatic heterocycles. The number of anilines is 1. The Labute approximate surface area is 97.5 Å². The molecule has 0 radical (unpaired) electrons. The first-order valence-corrected chi connectivity index (χ1v) is 5.02. The van der Waals surface area contributed by atoms with Crippen molar-refractivity contribution >= 4 is 63.1 Å². The Hall–Kier alpha value is 0.630. The van der Waals surface area contributed by atoms with Crippen molar-refractivity contribution in [2.75, 3.05) is 1.33 Å². The van der Waals surface area contributed by atoms with Gasteiger partial charge in [0.15, 0.2) is 5.82 Å². The molecule has 0 atom stereocenters. The van der Waals surface area contributed by atoms with Gasteiger partial charge in [-0.05, 0) is 6.92 Å². The second-order valence-corrected chi connectivity index (χ2v) is 5.98. The monoisotopic (exact) mass is 395 g/mol. The average Bonchev–Trinajstić information content (AvgIpc) is 1.94. The molecule has 3 nitrogen and oxygen atoms in total. The van der Waals surface area contributed by atoms with Gasteiger partial charge in [0.2, 0.25) is 0 Å². The highest BCUT2D eigenvalue weighted by Gasteiger charge is 2.08. The van der Waals surface area contributed by atoms with Gasteiger partial charge in [-0.3, -0.25) is 0 Å². The Balaban J connectivity index is 3.17. The molecule has 0 saturated carbocycles. The number of hydrogen-bond donors (Lipinski definition) is 0. The standard InChI is InChI=1S/C5H4ClI2N3/c1-3-4(6)5(11(7)8)10-2-9-3/h2H,1H3. The molecule has 1 heterocycles. The van der Waals surface area contributed by atoms with Crippen LogP contribution in [0.2, 0.25) is 5.02 Å². The van der Waals surface area contributed by atoms with Gasteiger partial charge in [0, 0.05) is 0 Å². The van der Waals surface area contributed by atoms with Crippen LogP contribution in [0.15, 0.2) is 6.33 Å². The molecule has 0 fully saturated rings. The van der Waals surface area contributed by atoms with Gasteiger partial charge in [-0.1, -0.05) is 11.6 Å². The van der Waals surface area contributed by atoms with Crippen LogP contribution in [-0.4, -0.2) is 9.97 Å². The zero-order chi connectivity index (χ0) is 8.43. The van der Waals surface area contributed by atoms with Crippen LogP contribution >= 0.6 is 57.3 Å². The zero-order valence-corrected chi connectivity index (χ0v) is 10.6. The molecular formula is C5H4ClI2N3. The van der Waals surface area contributed by atoms with Crippen molar-refractivity contribution in [1.29, 1.82) is 0 Å². The molecule has 0 aliphatic rings. The van der Waals surface area contributed by atoms with E-state index in [1.165, 1.54) is 6.33 Å². The summed E-state index contributed by atoms with van der Waals surface area (Å²) in [6.07, 6.45) is 1.50. The van der Waals surface area contributed by atoms with E-state index >= 15 is 0 Å². The van der Waals surface area contributed by atoms with Crippen molar-refractivity contribution in [2.24, 2.45) is 0 Å². The minimum atomic E-state index is 0.608. The lowest BCUT2D eigenvalue weighted by Crippen LogP contribution is -1.97. The first-order valence-electron chi connectivity index (χ1n) is 2.71. The summed E-state index contributed by atoms with van der Waals surface area (Å²) in [4.78, 5) is 7.95. The number of halogens is 3. The molecule has 0 saturated heterocycles. The van der Waals surface area contributed by atoms with Crippen LogP contribution in [0, 0.1) is 6.92 Å². The Morgan fingerprint density at radius 3 is 2.55 bits per heavy atom. The van der Waals surface area contributed by atoms with Crippen LogP contribution < -0.4 is 1.33 Å². The highest BCUT2D eigenvalue weighted by molar-refractivity contribution is 14.2. The van der Waals surface area contributed by atoms with E-state index in [4.69, 9.17) is 11.6 Å². The number of aromatic nitrogens is 2. The molecule has 0 aromatic carbocycles. The highest BCUT2D eigenvalue weighted by Crippen LogP contribution is 2.29. The van der Waals surface area contributed by atoms with Gasteiger partial charge in [0.1, 0.15) is 11.3 Å². The lowest BCUT2D eigenvalue weighted by atomic mass is 10.4. The Morgan fingerprint density at radius 2 is 2.09 bits per heavy atom. The molecule has 60 valence electrons. The van der Waals surface area contributed by atoms with Crippen LogP contribution in [0.25, 0.3) is 0 Å². The first kappa shape index (κ1) is 9.72. The van der Waals surface area contributed by atoms with E-state index in [1.807, 2.05) is 6.92 Å². The van der Waals surface area contributed by atoms with Crippen LogP contribution in [-0.2, 0) is 0 Å². The molecule has 0 bridgehead atoms. The van der Waals surface area contributed by atoms with Gasteiger partial charge in [-0.2, -0.15) is 0 Å². The predicted octanol–water partition coefficient (Wildman–Crippen LogP) is 2.94. The smallest absolute Gasteiger partial charge is 0.168 e.